The smallest absolute Gasteiger partial charge is 0.238 e. The van der Waals surface area contributed by atoms with Crippen molar-refractivity contribution in [3.8, 4) is 63.1 Å². The van der Waals surface area contributed by atoms with Crippen molar-refractivity contribution in [2.45, 2.75) is 19.0 Å². The molecular weight excluding hydrogens is 610 g/mol. The molecule has 1 aliphatic heterocycles. The number of hydrogen-bond acceptors (Lipinski definition) is 12. The maximum atomic E-state index is 13.4. The Morgan fingerprint density at radius 1 is 0.745 bits per heavy atom. The van der Waals surface area contributed by atoms with Crippen LogP contribution in [0.4, 0.5) is 0 Å². The maximum Gasteiger partial charge on any atom is 0.238 e. The summed E-state index contributed by atoms with van der Waals surface area (Å²) < 4.78 is 28.4. The first-order chi connectivity index (χ1) is 22.6. The van der Waals surface area contributed by atoms with E-state index in [2.05, 4.69) is 4.90 Å². The van der Waals surface area contributed by atoms with Crippen molar-refractivity contribution < 1.29 is 48.9 Å². The third-order valence-corrected chi connectivity index (χ3v) is 8.50. The van der Waals surface area contributed by atoms with E-state index in [-0.39, 0.29) is 40.2 Å². The molecule has 5 aromatic rings. The van der Waals surface area contributed by atoms with Crippen LogP contribution >= 0.6 is 0 Å². The summed E-state index contributed by atoms with van der Waals surface area (Å²) >= 11 is 0. The molecule has 12 heteroatoms. The number of benzene rings is 4. The lowest BCUT2D eigenvalue weighted by molar-refractivity contribution is 0.200. The highest BCUT2D eigenvalue weighted by atomic mass is 16.5. The summed E-state index contributed by atoms with van der Waals surface area (Å²) in [5.41, 5.74) is 1.92. The molecule has 0 fully saturated rings. The van der Waals surface area contributed by atoms with Crippen LogP contribution in [0.1, 0.15) is 28.3 Å². The zero-order valence-corrected chi connectivity index (χ0v) is 26.0. The Morgan fingerprint density at radius 2 is 1.43 bits per heavy atom. The topological polar surface area (TPSA) is 172 Å². The monoisotopic (exact) mass is 643 g/mol. The van der Waals surface area contributed by atoms with Crippen molar-refractivity contribution in [2.75, 3.05) is 35.0 Å². The van der Waals surface area contributed by atoms with Crippen LogP contribution in [0, 0.1) is 0 Å². The highest BCUT2D eigenvalue weighted by Crippen LogP contribution is 2.46. The fraction of sp³-hybridized carbons (Fsp3) is 0.229. The van der Waals surface area contributed by atoms with Crippen LogP contribution in [0.15, 0.2) is 63.8 Å². The fourth-order valence-corrected chi connectivity index (χ4v) is 6.17. The number of hydrogen-bond donors (Lipinski definition) is 5. The van der Waals surface area contributed by atoms with Gasteiger partial charge in [0.05, 0.1) is 40.0 Å². The lowest BCUT2D eigenvalue weighted by Gasteiger charge is -2.38. The molecule has 1 aromatic heterocycles. The highest BCUT2D eigenvalue weighted by molar-refractivity contribution is 5.91. The van der Waals surface area contributed by atoms with Crippen LogP contribution in [0.5, 0.6) is 51.7 Å². The molecule has 244 valence electrons. The van der Waals surface area contributed by atoms with E-state index in [9.17, 15) is 30.3 Å². The van der Waals surface area contributed by atoms with Gasteiger partial charge in [-0.2, -0.15) is 0 Å². The second kappa shape index (κ2) is 12.2. The van der Waals surface area contributed by atoms with Crippen molar-refractivity contribution in [2.24, 2.45) is 0 Å². The number of rotatable bonds is 8. The zero-order chi connectivity index (χ0) is 33.6. The van der Waals surface area contributed by atoms with Crippen LogP contribution in [0.2, 0.25) is 0 Å². The van der Waals surface area contributed by atoms with E-state index >= 15 is 0 Å². The second-order valence-corrected chi connectivity index (χ2v) is 11.1. The van der Waals surface area contributed by atoms with Crippen LogP contribution in [-0.4, -0.2) is 65.4 Å². The number of aromatic hydroxyl groups is 5. The van der Waals surface area contributed by atoms with Crippen molar-refractivity contribution in [3.63, 3.8) is 0 Å². The van der Waals surface area contributed by atoms with E-state index in [1.807, 2.05) is 24.3 Å². The van der Waals surface area contributed by atoms with Gasteiger partial charge in [-0.3, -0.25) is 9.69 Å². The average molecular weight is 644 g/mol. The Bertz CT molecular complexity index is 2070. The summed E-state index contributed by atoms with van der Waals surface area (Å²) in [7, 11) is 6.23. The van der Waals surface area contributed by atoms with E-state index in [0.29, 0.717) is 36.0 Å². The fourth-order valence-electron chi connectivity index (χ4n) is 6.17. The molecule has 5 N–H and O–H groups in total. The predicted molar refractivity (Wildman–Crippen MR) is 171 cm³/mol. The Kier molecular flexibility index (Phi) is 8.12. The number of phenolic OH excluding ortho intramolecular Hbond substituents is 4. The zero-order valence-electron chi connectivity index (χ0n) is 26.0. The van der Waals surface area contributed by atoms with Gasteiger partial charge in [-0.05, 0) is 65.6 Å². The molecule has 6 rings (SSSR count). The van der Waals surface area contributed by atoms with Crippen molar-refractivity contribution in [1.29, 1.82) is 0 Å². The maximum absolute atomic E-state index is 13.4. The minimum Gasteiger partial charge on any atom is -0.507 e. The molecule has 0 saturated heterocycles. The van der Waals surface area contributed by atoms with E-state index in [1.54, 1.807) is 34.5 Å². The Labute approximate surface area is 268 Å². The van der Waals surface area contributed by atoms with Gasteiger partial charge in [0.2, 0.25) is 11.2 Å². The Hall–Kier alpha value is -5.75. The van der Waals surface area contributed by atoms with Gasteiger partial charge in [-0.1, -0.05) is 6.07 Å². The summed E-state index contributed by atoms with van der Waals surface area (Å²) in [5.74, 6) is -0.792. The molecule has 1 atom stereocenters. The standard InChI is InChI=1S/C35H33NO11/c1-43-26-8-6-18(13-27(26)44-2)31-20-14-29(46-4)28(45-3)12-17(20)9-10-36(31)16-21-23(38)15-25(40)30-32(41)33(42)34(47-35(21)30)19-5-7-22(37)24(39)11-19/h5-8,11-15,31,37-40,42H,9-10,16H2,1-4H3. The summed E-state index contributed by atoms with van der Waals surface area (Å²) in [4.78, 5) is 15.5. The lowest BCUT2D eigenvalue weighted by atomic mass is 9.87. The number of methoxy groups -OCH3 is 4. The average Bonchev–Trinajstić information content (AvgIpc) is 3.07. The molecule has 0 spiro atoms. The third kappa shape index (κ3) is 5.32. The van der Waals surface area contributed by atoms with Gasteiger partial charge in [0.25, 0.3) is 0 Å². The molecular formula is C35H33NO11. The van der Waals surface area contributed by atoms with Gasteiger partial charge >= 0.3 is 0 Å². The van der Waals surface area contributed by atoms with Gasteiger partial charge in [0, 0.05) is 24.7 Å². The van der Waals surface area contributed by atoms with Gasteiger partial charge < -0.3 is 48.9 Å². The van der Waals surface area contributed by atoms with Crippen molar-refractivity contribution in [3.05, 3.63) is 87.1 Å². The van der Waals surface area contributed by atoms with E-state index in [4.69, 9.17) is 23.4 Å². The molecule has 0 radical (unpaired) electrons. The molecule has 0 bridgehead atoms. The molecule has 1 unspecified atom stereocenters. The van der Waals surface area contributed by atoms with Crippen LogP contribution in [0.25, 0.3) is 22.3 Å². The Balaban J connectivity index is 1.55. The molecule has 0 amide bonds. The second-order valence-electron chi connectivity index (χ2n) is 11.1. The highest BCUT2D eigenvalue weighted by Gasteiger charge is 2.33. The van der Waals surface area contributed by atoms with Gasteiger partial charge in [0.15, 0.2) is 45.8 Å². The molecule has 2 heterocycles. The Morgan fingerprint density at radius 3 is 2.11 bits per heavy atom. The predicted octanol–water partition coefficient (Wildman–Crippen LogP) is 5.17. The normalized spacial score (nSPS) is 14.5. The van der Waals surface area contributed by atoms with E-state index in [0.717, 1.165) is 28.8 Å². The van der Waals surface area contributed by atoms with Gasteiger partial charge in [0.1, 0.15) is 16.9 Å². The quantitative estimate of drug-likeness (QED) is 0.141. The SMILES string of the molecule is COc1ccc(C2c3cc(OC)c(OC)cc3CCN2Cc2c(O)cc(O)c3c(=O)c(O)c(-c4ccc(O)c(O)c4)oc23)cc1OC. The number of ether oxygens (including phenoxy) is 4. The van der Waals surface area contributed by atoms with E-state index < -0.39 is 34.5 Å². The van der Waals surface area contributed by atoms with Gasteiger partial charge in [-0.25, -0.2) is 0 Å². The largest absolute Gasteiger partial charge is 0.507 e. The summed E-state index contributed by atoms with van der Waals surface area (Å²) in [6, 6.07) is 13.7. The molecule has 1 aliphatic rings. The van der Waals surface area contributed by atoms with Gasteiger partial charge in [-0.15, -0.1) is 0 Å². The van der Waals surface area contributed by atoms with Crippen LogP contribution in [-0.2, 0) is 13.0 Å². The summed E-state index contributed by atoms with van der Waals surface area (Å²) in [6.45, 7) is 0.522. The third-order valence-electron chi connectivity index (χ3n) is 8.50. The minimum atomic E-state index is -0.940. The molecule has 4 aromatic carbocycles. The number of fused-ring (bicyclic) bond motifs is 2. The molecule has 0 saturated carbocycles. The first-order valence-electron chi connectivity index (χ1n) is 14.6. The summed E-state index contributed by atoms with van der Waals surface area (Å²) in [6.07, 6.45) is 0.596. The van der Waals surface area contributed by atoms with Crippen LogP contribution < -0.4 is 24.4 Å². The summed E-state index contributed by atoms with van der Waals surface area (Å²) in [5, 5.41) is 52.3. The van der Waals surface area contributed by atoms with Crippen molar-refractivity contribution >= 4 is 11.0 Å². The molecule has 12 nitrogen and oxygen atoms in total. The van der Waals surface area contributed by atoms with Crippen molar-refractivity contribution in [1.82, 2.24) is 4.90 Å². The molecule has 0 aliphatic carbocycles. The van der Waals surface area contributed by atoms with Crippen LogP contribution in [0.3, 0.4) is 0 Å². The first kappa shape index (κ1) is 31.2. The number of nitrogens with zero attached hydrogens (tertiary/aromatic N) is 1. The van der Waals surface area contributed by atoms with E-state index in [1.165, 1.54) is 12.1 Å². The lowest BCUT2D eigenvalue weighted by Crippen LogP contribution is -2.36. The number of phenols is 4. The molecule has 47 heavy (non-hydrogen) atoms. The minimum absolute atomic E-state index is 0.0311. The first-order valence-corrected chi connectivity index (χ1v) is 14.6.